The topological polar surface area (TPSA) is 18.5 Å². The molecular weight excluding hydrogens is 267 g/mol. The number of hydrogen-bond donors (Lipinski definition) is 0. The highest BCUT2D eigenvalue weighted by Gasteiger charge is 2.29. The van der Waals surface area contributed by atoms with Gasteiger partial charge in [-0.25, -0.2) is 0 Å². The number of hydrogen-bond acceptors (Lipinski definition) is 2. The Hall–Kier alpha value is 0.350. The van der Waals surface area contributed by atoms with Gasteiger partial charge in [0.25, 0.3) is 0 Å². The number of rotatable bonds is 15. The van der Waals surface area contributed by atoms with Crippen LogP contribution in [0.1, 0.15) is 78.6 Å². The molecule has 0 aromatic rings. The van der Waals surface area contributed by atoms with Gasteiger partial charge in [0.2, 0.25) is 0 Å². The fraction of sp³-hybridized carbons (Fsp3) is 1.00. The molecule has 0 bridgehead atoms. The number of ether oxygens (including phenoxy) is 2. The van der Waals surface area contributed by atoms with Gasteiger partial charge in [-0.1, -0.05) is 59.3 Å². The van der Waals surface area contributed by atoms with Crippen LogP contribution in [0.5, 0.6) is 0 Å². The first-order valence-corrected chi connectivity index (χ1v) is 9.48. The van der Waals surface area contributed by atoms with Crippen LogP contribution in [0, 0.1) is 0 Å². The lowest BCUT2D eigenvalue weighted by Gasteiger charge is -2.34. The lowest BCUT2D eigenvalue weighted by atomic mass is 9.86. The fourth-order valence-electron chi connectivity index (χ4n) is 2.59. The van der Waals surface area contributed by atoms with Crippen LogP contribution >= 0.6 is 9.24 Å². The van der Waals surface area contributed by atoms with Crippen LogP contribution in [0.3, 0.4) is 0 Å². The molecule has 1 unspecified atom stereocenters. The van der Waals surface area contributed by atoms with Gasteiger partial charge in [0.15, 0.2) is 0 Å². The predicted molar refractivity (Wildman–Crippen MR) is 92.7 cm³/mol. The summed E-state index contributed by atoms with van der Waals surface area (Å²) >= 11 is 0. The lowest BCUT2D eigenvalue weighted by molar-refractivity contribution is -0.0846. The Morgan fingerprint density at radius 1 is 0.750 bits per heavy atom. The van der Waals surface area contributed by atoms with Crippen molar-refractivity contribution in [1.29, 1.82) is 0 Å². The molecule has 0 aromatic carbocycles. The van der Waals surface area contributed by atoms with Gasteiger partial charge in [-0.15, -0.1) is 9.24 Å². The quantitative estimate of drug-likeness (QED) is 0.306. The van der Waals surface area contributed by atoms with Crippen molar-refractivity contribution in [2.24, 2.45) is 0 Å². The number of unbranched alkanes of at least 4 members (excludes halogenated alkanes) is 3. The van der Waals surface area contributed by atoms with Crippen LogP contribution in [-0.4, -0.2) is 31.6 Å². The van der Waals surface area contributed by atoms with Gasteiger partial charge in [0, 0.05) is 0 Å². The Morgan fingerprint density at radius 2 is 1.25 bits per heavy atom. The average Bonchev–Trinajstić information content (AvgIpc) is 2.48. The summed E-state index contributed by atoms with van der Waals surface area (Å²) < 4.78 is 11.9. The van der Waals surface area contributed by atoms with Crippen molar-refractivity contribution in [3.05, 3.63) is 0 Å². The second-order valence-corrected chi connectivity index (χ2v) is 6.32. The van der Waals surface area contributed by atoms with Crippen molar-refractivity contribution in [2.75, 3.05) is 26.0 Å². The highest BCUT2D eigenvalue weighted by Crippen LogP contribution is 2.31. The first kappa shape index (κ1) is 20.3. The summed E-state index contributed by atoms with van der Waals surface area (Å²) in [5.41, 5.74) is 0.117. The predicted octanol–water partition coefficient (Wildman–Crippen LogP) is 5.20. The molecule has 20 heavy (non-hydrogen) atoms. The van der Waals surface area contributed by atoms with Crippen LogP contribution in [-0.2, 0) is 9.47 Å². The first-order valence-electron chi connectivity index (χ1n) is 8.66. The summed E-state index contributed by atoms with van der Waals surface area (Å²) in [6.45, 7) is 9.12. The molecule has 0 fully saturated rings. The van der Waals surface area contributed by atoms with E-state index >= 15 is 0 Å². The first-order chi connectivity index (χ1) is 9.74. The van der Waals surface area contributed by atoms with Gasteiger partial charge in [-0.05, 0) is 25.4 Å². The van der Waals surface area contributed by atoms with Crippen molar-refractivity contribution < 1.29 is 9.47 Å². The molecule has 0 rings (SSSR count). The van der Waals surface area contributed by atoms with Crippen LogP contribution < -0.4 is 0 Å². The fourth-order valence-corrected chi connectivity index (χ4v) is 2.76. The van der Waals surface area contributed by atoms with E-state index < -0.39 is 0 Å². The normalized spacial score (nSPS) is 12.0. The SMILES string of the molecule is CCCCC(CCCC)(CCCC)OCCOCCP. The Kier molecular flexibility index (Phi) is 14.5. The summed E-state index contributed by atoms with van der Waals surface area (Å²) in [5.74, 6) is 0. The average molecular weight is 304 g/mol. The van der Waals surface area contributed by atoms with Gasteiger partial charge < -0.3 is 9.47 Å². The molecule has 0 aliphatic carbocycles. The maximum Gasteiger partial charge on any atom is 0.0708 e. The lowest BCUT2D eigenvalue weighted by Crippen LogP contribution is -2.34. The van der Waals surface area contributed by atoms with E-state index in [1.165, 1.54) is 57.8 Å². The Morgan fingerprint density at radius 3 is 1.65 bits per heavy atom. The molecule has 0 saturated carbocycles. The molecule has 122 valence electrons. The highest BCUT2D eigenvalue weighted by atomic mass is 31.0. The highest BCUT2D eigenvalue weighted by molar-refractivity contribution is 7.16. The molecule has 0 spiro atoms. The Bertz CT molecular complexity index is 176. The molecule has 1 atom stereocenters. The third-order valence-electron chi connectivity index (χ3n) is 3.86. The van der Waals surface area contributed by atoms with Crippen molar-refractivity contribution in [3.8, 4) is 0 Å². The molecule has 0 radical (unpaired) electrons. The summed E-state index contributed by atoms with van der Waals surface area (Å²) in [7, 11) is 2.69. The molecule has 2 nitrogen and oxygen atoms in total. The van der Waals surface area contributed by atoms with Crippen LogP contribution in [0.25, 0.3) is 0 Å². The minimum atomic E-state index is 0.117. The van der Waals surface area contributed by atoms with E-state index in [0.29, 0.717) is 0 Å². The van der Waals surface area contributed by atoms with Gasteiger partial charge >= 0.3 is 0 Å². The van der Waals surface area contributed by atoms with E-state index in [0.717, 1.165) is 26.0 Å². The van der Waals surface area contributed by atoms with Crippen LogP contribution in [0.4, 0.5) is 0 Å². The van der Waals surface area contributed by atoms with E-state index in [4.69, 9.17) is 9.47 Å². The van der Waals surface area contributed by atoms with Crippen molar-refractivity contribution in [2.45, 2.75) is 84.2 Å². The molecular formula is C17H37O2P. The van der Waals surface area contributed by atoms with E-state index in [1.807, 2.05) is 0 Å². The third-order valence-corrected chi connectivity index (χ3v) is 4.09. The van der Waals surface area contributed by atoms with Crippen LogP contribution in [0.15, 0.2) is 0 Å². The van der Waals surface area contributed by atoms with E-state index in [1.54, 1.807) is 0 Å². The van der Waals surface area contributed by atoms with Crippen molar-refractivity contribution in [1.82, 2.24) is 0 Å². The van der Waals surface area contributed by atoms with E-state index in [-0.39, 0.29) is 5.60 Å². The van der Waals surface area contributed by atoms with Gasteiger partial charge in [0.1, 0.15) is 0 Å². The molecule has 0 aliphatic heterocycles. The van der Waals surface area contributed by atoms with Gasteiger partial charge in [0.05, 0.1) is 25.4 Å². The van der Waals surface area contributed by atoms with Crippen molar-refractivity contribution >= 4 is 9.24 Å². The monoisotopic (exact) mass is 304 g/mol. The molecule has 3 heteroatoms. The third kappa shape index (κ3) is 10.1. The zero-order chi connectivity index (χ0) is 15.1. The standard InChI is InChI=1S/C17H37O2P/c1-4-7-10-17(11-8-5-2,12-9-6-3)19-14-13-18-15-16-20/h4-16,20H2,1-3H3. The van der Waals surface area contributed by atoms with Crippen molar-refractivity contribution in [3.63, 3.8) is 0 Å². The van der Waals surface area contributed by atoms with Crippen LogP contribution in [0.2, 0.25) is 0 Å². The summed E-state index contributed by atoms with van der Waals surface area (Å²) in [6.07, 6.45) is 12.3. The molecule has 0 heterocycles. The zero-order valence-electron chi connectivity index (χ0n) is 14.1. The summed E-state index contributed by atoms with van der Waals surface area (Å²) in [6, 6.07) is 0. The zero-order valence-corrected chi connectivity index (χ0v) is 15.2. The Labute approximate surface area is 129 Å². The van der Waals surface area contributed by atoms with E-state index in [2.05, 4.69) is 30.0 Å². The maximum atomic E-state index is 6.35. The molecule has 0 aliphatic rings. The smallest absolute Gasteiger partial charge is 0.0708 e. The minimum Gasteiger partial charge on any atom is -0.379 e. The van der Waals surface area contributed by atoms with Gasteiger partial charge in [-0.3, -0.25) is 0 Å². The Balaban J connectivity index is 4.34. The summed E-state index contributed by atoms with van der Waals surface area (Å²) in [4.78, 5) is 0. The maximum absolute atomic E-state index is 6.35. The van der Waals surface area contributed by atoms with E-state index in [9.17, 15) is 0 Å². The second-order valence-electron chi connectivity index (χ2n) is 5.74. The molecule has 0 amide bonds. The second kappa shape index (κ2) is 14.3. The molecule has 0 N–H and O–H groups in total. The molecule has 0 saturated heterocycles. The summed E-state index contributed by atoms with van der Waals surface area (Å²) in [5, 5.41) is 0. The largest absolute Gasteiger partial charge is 0.379 e. The minimum absolute atomic E-state index is 0.117. The van der Waals surface area contributed by atoms with Gasteiger partial charge in [-0.2, -0.15) is 0 Å². The molecule has 0 aromatic heterocycles.